The maximum atomic E-state index is 11.5. The van der Waals surface area contributed by atoms with Gasteiger partial charge in [0.1, 0.15) is 0 Å². The van der Waals surface area contributed by atoms with E-state index in [4.69, 9.17) is 5.11 Å². The van der Waals surface area contributed by atoms with Crippen molar-refractivity contribution >= 4 is 16.0 Å². The molecule has 0 aliphatic carbocycles. The number of rotatable bonds is 6. The molecule has 2 N–H and O–H groups in total. The Hall–Kier alpha value is -0.620. The number of hydrogen-bond donors (Lipinski definition) is 2. The van der Waals surface area contributed by atoms with Gasteiger partial charge in [-0.25, -0.2) is 13.1 Å². The first-order valence-electron chi connectivity index (χ1n) is 4.81. The number of carboxylic acids is 1. The number of sulfonamides is 1. The third kappa shape index (κ3) is 5.74. The number of carboxylic acid groups (broad SMARTS) is 1. The molecule has 0 aliphatic heterocycles. The summed E-state index contributed by atoms with van der Waals surface area (Å²) in [6, 6.07) is 0. The zero-order chi connectivity index (χ0) is 12.3. The lowest BCUT2D eigenvalue weighted by Gasteiger charge is -2.26. The Morgan fingerprint density at radius 3 is 2.20 bits per heavy atom. The van der Waals surface area contributed by atoms with Gasteiger partial charge in [-0.05, 0) is 34.1 Å². The number of aliphatic carboxylic acids is 1. The Bertz CT molecular complexity index is 319. The molecule has 0 unspecified atom stereocenters. The summed E-state index contributed by atoms with van der Waals surface area (Å²) in [4.78, 5) is 10.4. The Morgan fingerprint density at radius 2 is 1.87 bits per heavy atom. The highest BCUT2D eigenvalue weighted by Gasteiger charge is 2.27. The van der Waals surface area contributed by atoms with Crippen molar-refractivity contribution in [1.82, 2.24) is 4.72 Å². The van der Waals surface area contributed by atoms with Gasteiger partial charge in [-0.15, -0.1) is 0 Å². The lowest BCUT2D eigenvalue weighted by atomic mass is 10.0. The predicted molar refractivity (Wildman–Crippen MR) is 58.1 cm³/mol. The molecule has 0 aromatic rings. The predicted octanol–water partition coefficient (Wildman–Crippen LogP) is 0.958. The summed E-state index contributed by atoms with van der Waals surface area (Å²) in [6.45, 7) is 6.51. The van der Waals surface area contributed by atoms with Crippen molar-refractivity contribution in [3.8, 4) is 0 Å². The standard InChI is InChI=1S/C9H19NO4S/c1-7(2)15(13,14)10-9(3,4)6-5-8(11)12/h7,10H,5-6H2,1-4H3,(H,11,12). The van der Waals surface area contributed by atoms with Crippen LogP contribution in [0.3, 0.4) is 0 Å². The number of carbonyl (C=O) groups is 1. The largest absolute Gasteiger partial charge is 0.481 e. The molecule has 0 amide bonds. The van der Waals surface area contributed by atoms with E-state index in [1.807, 2.05) is 0 Å². The van der Waals surface area contributed by atoms with Gasteiger partial charge in [-0.3, -0.25) is 4.79 Å². The molecule has 0 aromatic heterocycles. The van der Waals surface area contributed by atoms with Gasteiger partial charge in [0.05, 0.1) is 5.25 Å². The highest BCUT2D eigenvalue weighted by Crippen LogP contribution is 2.14. The van der Waals surface area contributed by atoms with Crippen LogP contribution in [0.2, 0.25) is 0 Å². The van der Waals surface area contributed by atoms with Crippen molar-refractivity contribution in [3.05, 3.63) is 0 Å². The van der Waals surface area contributed by atoms with Crippen LogP contribution in [0.4, 0.5) is 0 Å². The highest BCUT2D eigenvalue weighted by molar-refractivity contribution is 7.90. The van der Waals surface area contributed by atoms with Crippen molar-refractivity contribution in [3.63, 3.8) is 0 Å². The lowest BCUT2D eigenvalue weighted by Crippen LogP contribution is -2.46. The zero-order valence-corrected chi connectivity index (χ0v) is 10.4. The van der Waals surface area contributed by atoms with Gasteiger partial charge >= 0.3 is 5.97 Å². The number of hydrogen-bond acceptors (Lipinski definition) is 3. The SMILES string of the molecule is CC(C)S(=O)(=O)NC(C)(C)CCC(=O)O. The van der Waals surface area contributed by atoms with E-state index >= 15 is 0 Å². The maximum absolute atomic E-state index is 11.5. The second-order valence-electron chi connectivity index (χ2n) is 4.47. The van der Waals surface area contributed by atoms with Crippen LogP contribution in [0.1, 0.15) is 40.5 Å². The molecule has 0 saturated heterocycles. The lowest BCUT2D eigenvalue weighted by molar-refractivity contribution is -0.137. The maximum Gasteiger partial charge on any atom is 0.303 e. The van der Waals surface area contributed by atoms with Crippen LogP contribution in [0.25, 0.3) is 0 Å². The Labute approximate surface area is 90.9 Å². The molecule has 0 radical (unpaired) electrons. The van der Waals surface area contributed by atoms with E-state index < -0.39 is 26.8 Å². The minimum Gasteiger partial charge on any atom is -0.481 e. The van der Waals surface area contributed by atoms with Gasteiger partial charge in [-0.1, -0.05) is 0 Å². The molecule has 0 atom stereocenters. The van der Waals surface area contributed by atoms with E-state index in [9.17, 15) is 13.2 Å². The fraction of sp³-hybridized carbons (Fsp3) is 0.889. The van der Waals surface area contributed by atoms with Crippen molar-refractivity contribution in [1.29, 1.82) is 0 Å². The molecule has 0 bridgehead atoms. The first-order valence-corrected chi connectivity index (χ1v) is 6.36. The second-order valence-corrected chi connectivity index (χ2v) is 6.71. The van der Waals surface area contributed by atoms with Gasteiger partial charge in [-0.2, -0.15) is 0 Å². The van der Waals surface area contributed by atoms with Crippen LogP contribution in [-0.4, -0.2) is 30.3 Å². The summed E-state index contributed by atoms with van der Waals surface area (Å²) in [6.07, 6.45) is 0.224. The molecule has 0 aliphatic rings. The molecule has 0 spiro atoms. The first-order chi connectivity index (χ1) is 6.57. The van der Waals surface area contributed by atoms with Crippen molar-refractivity contribution in [2.24, 2.45) is 0 Å². The molecule has 0 fully saturated rings. The van der Waals surface area contributed by atoms with Gasteiger partial charge < -0.3 is 5.11 Å². The Balaban J connectivity index is 4.44. The quantitative estimate of drug-likeness (QED) is 0.720. The fourth-order valence-corrected chi connectivity index (χ4v) is 2.08. The summed E-state index contributed by atoms with van der Waals surface area (Å²) >= 11 is 0. The van der Waals surface area contributed by atoms with E-state index in [1.54, 1.807) is 27.7 Å². The normalized spacial score (nSPS) is 13.1. The average molecular weight is 237 g/mol. The van der Waals surface area contributed by atoms with Gasteiger partial charge in [0.15, 0.2) is 0 Å². The Morgan fingerprint density at radius 1 is 1.40 bits per heavy atom. The van der Waals surface area contributed by atoms with E-state index in [0.717, 1.165) is 0 Å². The smallest absolute Gasteiger partial charge is 0.303 e. The molecule has 0 rings (SSSR count). The van der Waals surface area contributed by atoms with Crippen LogP contribution < -0.4 is 4.72 Å². The zero-order valence-electron chi connectivity index (χ0n) is 9.57. The van der Waals surface area contributed by atoms with Crippen LogP contribution >= 0.6 is 0 Å². The Kier molecular flexibility index (Phi) is 4.73. The van der Waals surface area contributed by atoms with Crippen LogP contribution in [0, 0.1) is 0 Å². The summed E-state index contributed by atoms with van der Waals surface area (Å²) in [5.41, 5.74) is -0.721. The summed E-state index contributed by atoms with van der Waals surface area (Å²) < 4.78 is 25.6. The van der Waals surface area contributed by atoms with E-state index in [0.29, 0.717) is 0 Å². The molecule has 15 heavy (non-hydrogen) atoms. The molecule has 5 nitrogen and oxygen atoms in total. The van der Waals surface area contributed by atoms with Crippen LogP contribution in [0.5, 0.6) is 0 Å². The summed E-state index contributed by atoms with van der Waals surface area (Å²) in [5.74, 6) is -0.924. The molecule has 0 saturated carbocycles. The second kappa shape index (κ2) is 4.94. The van der Waals surface area contributed by atoms with Crippen LogP contribution in [0.15, 0.2) is 0 Å². The summed E-state index contributed by atoms with van der Waals surface area (Å²) in [7, 11) is -3.35. The molecule has 0 aromatic carbocycles. The molecule has 0 heterocycles. The third-order valence-corrected chi connectivity index (χ3v) is 4.08. The molecule has 90 valence electrons. The number of nitrogens with one attached hydrogen (secondary N) is 1. The fourth-order valence-electron chi connectivity index (χ4n) is 0.973. The minimum absolute atomic E-state index is 0.0480. The monoisotopic (exact) mass is 237 g/mol. The van der Waals surface area contributed by atoms with Crippen LogP contribution in [-0.2, 0) is 14.8 Å². The topological polar surface area (TPSA) is 83.5 Å². The van der Waals surface area contributed by atoms with Crippen molar-refractivity contribution < 1.29 is 18.3 Å². The van der Waals surface area contributed by atoms with Gasteiger partial charge in [0.25, 0.3) is 0 Å². The first kappa shape index (κ1) is 14.4. The third-order valence-electron chi connectivity index (χ3n) is 2.00. The highest BCUT2D eigenvalue weighted by atomic mass is 32.2. The minimum atomic E-state index is -3.35. The van der Waals surface area contributed by atoms with Gasteiger partial charge in [0, 0.05) is 12.0 Å². The van der Waals surface area contributed by atoms with E-state index in [2.05, 4.69) is 4.72 Å². The molecule has 6 heteroatoms. The summed E-state index contributed by atoms with van der Waals surface area (Å²) in [5, 5.41) is 7.99. The molecular formula is C9H19NO4S. The van der Waals surface area contributed by atoms with Gasteiger partial charge in [0.2, 0.25) is 10.0 Å². The van der Waals surface area contributed by atoms with E-state index in [-0.39, 0.29) is 12.8 Å². The van der Waals surface area contributed by atoms with E-state index in [1.165, 1.54) is 0 Å². The van der Waals surface area contributed by atoms with Crippen molar-refractivity contribution in [2.45, 2.75) is 51.3 Å². The van der Waals surface area contributed by atoms with Crippen molar-refractivity contribution in [2.75, 3.05) is 0 Å². The molecular weight excluding hydrogens is 218 g/mol. The average Bonchev–Trinajstić information content (AvgIpc) is 1.99.